The van der Waals surface area contributed by atoms with Crippen molar-refractivity contribution < 1.29 is 88.8 Å². The first-order valence-electron chi connectivity index (χ1n) is 24.7. The first kappa shape index (κ1) is 53.9. The van der Waals surface area contributed by atoms with Crippen LogP contribution in [0.2, 0.25) is 0 Å². The fourth-order valence-electron chi connectivity index (χ4n) is 14.7. The van der Waals surface area contributed by atoms with Gasteiger partial charge in [-0.15, -0.1) is 0 Å². The average molecular weight is 979 g/mol. The predicted molar refractivity (Wildman–Crippen MR) is 244 cm³/mol. The molecule has 0 spiro atoms. The number of hydrogen-bond acceptors (Lipinski definition) is 17. The van der Waals surface area contributed by atoms with Crippen LogP contribution >= 0.6 is 0 Å². The van der Waals surface area contributed by atoms with E-state index >= 15 is 0 Å². The molecule has 0 amide bonds. The van der Waals surface area contributed by atoms with E-state index in [0.717, 1.165) is 5.57 Å². The number of aliphatic hydroxyl groups is 8. The van der Waals surface area contributed by atoms with Crippen molar-refractivity contribution in [1.29, 1.82) is 0 Å². The Morgan fingerprint density at radius 2 is 1.36 bits per heavy atom. The van der Waals surface area contributed by atoms with Gasteiger partial charge in [-0.3, -0.25) is 0 Å². The number of hydrogen-bond donors (Lipinski definition) is 9. The summed E-state index contributed by atoms with van der Waals surface area (Å²) >= 11 is 0. The maximum absolute atomic E-state index is 13.7. The molecule has 390 valence electrons. The van der Waals surface area contributed by atoms with Crippen LogP contribution in [0, 0.1) is 50.2 Å². The summed E-state index contributed by atoms with van der Waals surface area (Å²) in [4.78, 5) is 39.5. The van der Waals surface area contributed by atoms with Gasteiger partial charge in [0.15, 0.2) is 24.8 Å². The summed E-state index contributed by atoms with van der Waals surface area (Å²) < 4.78 is 36.5. The maximum Gasteiger partial charge on any atom is 0.335 e. The summed E-state index contributed by atoms with van der Waals surface area (Å²) in [5.74, 6) is -3.45. The molecule has 2 aliphatic heterocycles. The van der Waals surface area contributed by atoms with Crippen LogP contribution in [-0.2, 0) is 42.8 Å². The van der Waals surface area contributed by atoms with E-state index in [1.165, 1.54) is 0 Å². The second-order valence-electron chi connectivity index (χ2n) is 23.0. The molecule has 0 aromatic heterocycles. The van der Waals surface area contributed by atoms with Crippen LogP contribution < -0.4 is 0 Å². The highest BCUT2D eigenvalue weighted by Gasteiger charge is 2.74. The number of fused-ring (bicyclic) bond motifs is 7. The number of aliphatic hydroxyl groups excluding tert-OH is 8. The zero-order valence-electron chi connectivity index (χ0n) is 41.7. The Hall–Kier alpha value is -2.85. The average Bonchev–Trinajstić information content (AvgIpc) is 3.57. The minimum absolute atomic E-state index is 0.000464. The molecule has 0 aromatic rings. The van der Waals surface area contributed by atoms with Crippen LogP contribution in [-0.4, -0.2) is 163 Å². The molecule has 4 saturated carbocycles. The fourth-order valence-corrected chi connectivity index (χ4v) is 14.7. The van der Waals surface area contributed by atoms with Crippen LogP contribution in [0.4, 0.5) is 0 Å². The molecule has 7 rings (SSSR count). The molecular formula is C51H78O18. The molecule has 0 bridgehead atoms. The van der Waals surface area contributed by atoms with Gasteiger partial charge in [0.25, 0.3) is 0 Å². The zero-order chi connectivity index (χ0) is 51.1. The lowest BCUT2D eigenvalue weighted by Gasteiger charge is -2.72. The molecule has 2 heterocycles. The maximum atomic E-state index is 13.7. The molecule has 21 atom stereocenters. The van der Waals surface area contributed by atoms with Crippen molar-refractivity contribution >= 4 is 17.9 Å². The molecule has 2 saturated heterocycles. The van der Waals surface area contributed by atoms with Crippen LogP contribution in [0.25, 0.3) is 0 Å². The standard InChI is InChI=1S/C51H78O18/c1-11-24(3)42(62)68-39-40(69-43(63)25(4)12-2)51(23-54)27(19-46(39,5)6)26-13-14-30-47(7)17-16-32(48(8,22-53)29(47)15-18-49(30,9)50(26,10)20-31(51)55)65-45-38(35(58)34(57)37(66-45)41(60)61)67-44-36(59)33(56)28(21-52)64-44/h11-13,27-40,44-45,52-59H,14-23H2,1-10H3,(H,60,61)/b24-11-,25-12-/t27-,28-,29-,30-,31+,32-,33-,34-,35-,36+,37-,38+,39+,40-,44-,45+,47+,48-,49-,50-,51+/m1/s1. The Bertz CT molecular complexity index is 2050. The number of carbonyl (C=O) groups excluding carboxylic acids is 2. The molecule has 18 heteroatoms. The van der Waals surface area contributed by atoms with E-state index in [-0.39, 0.29) is 24.9 Å². The van der Waals surface area contributed by atoms with Crippen molar-refractivity contribution in [2.75, 3.05) is 19.8 Å². The monoisotopic (exact) mass is 979 g/mol. The summed E-state index contributed by atoms with van der Waals surface area (Å²) in [5, 5.41) is 99.0. The van der Waals surface area contributed by atoms with Gasteiger partial charge in [0.2, 0.25) is 0 Å². The second kappa shape index (κ2) is 19.2. The van der Waals surface area contributed by atoms with E-state index in [2.05, 4.69) is 26.8 Å². The largest absolute Gasteiger partial charge is 0.479 e. The van der Waals surface area contributed by atoms with E-state index in [9.17, 15) is 60.3 Å². The third-order valence-electron chi connectivity index (χ3n) is 19.3. The smallest absolute Gasteiger partial charge is 0.335 e. The van der Waals surface area contributed by atoms with Crippen molar-refractivity contribution in [3.63, 3.8) is 0 Å². The van der Waals surface area contributed by atoms with Crippen LogP contribution in [0.5, 0.6) is 0 Å². The summed E-state index contributed by atoms with van der Waals surface area (Å²) in [7, 11) is 0. The fraction of sp³-hybridized carbons (Fsp3) is 0.824. The minimum atomic E-state index is -1.99. The van der Waals surface area contributed by atoms with Crippen molar-refractivity contribution in [2.45, 2.75) is 194 Å². The van der Waals surface area contributed by atoms with Crippen molar-refractivity contribution in [3.8, 4) is 0 Å². The van der Waals surface area contributed by atoms with Crippen LogP contribution in [0.15, 0.2) is 34.9 Å². The highest BCUT2D eigenvalue weighted by molar-refractivity contribution is 5.89. The summed E-state index contributed by atoms with van der Waals surface area (Å²) in [6.07, 6.45) is -10.5. The predicted octanol–water partition coefficient (Wildman–Crippen LogP) is 2.44. The SMILES string of the molecule is C/C=C(/C)C(=O)O[C@@H]1[C@H](OC(=O)/C(C)=C\C)C(C)(C)C[C@@H]2C3=CC[C@@H]4[C@@]5(C)CC[C@@H](O[C@H]6O[C@@H](C(=O)O)[C@H](O)[C@@H](O)[C@@H]6O[C@H]6O[C@H](CO)[C@@H](O)[C@@H]6O)[C@](C)(CO)[C@@H]5CC[C@@]4(C)[C@]3(C)C[C@H](O)[C@]21CO. The van der Waals surface area contributed by atoms with Gasteiger partial charge < -0.3 is 74.4 Å². The molecular weight excluding hydrogens is 901 g/mol. The van der Waals surface area contributed by atoms with Crippen LogP contribution in [0.3, 0.4) is 0 Å². The van der Waals surface area contributed by atoms with Gasteiger partial charge in [-0.1, -0.05) is 65.3 Å². The number of carbonyl (C=O) groups is 3. The van der Waals surface area contributed by atoms with E-state index in [4.69, 9.17) is 28.4 Å². The van der Waals surface area contributed by atoms with Gasteiger partial charge in [0.05, 0.1) is 37.4 Å². The van der Waals surface area contributed by atoms with Crippen LogP contribution in [0.1, 0.15) is 114 Å². The van der Waals surface area contributed by atoms with Gasteiger partial charge in [0.1, 0.15) is 42.7 Å². The van der Waals surface area contributed by atoms with Crippen molar-refractivity contribution in [3.05, 3.63) is 34.9 Å². The first-order valence-corrected chi connectivity index (χ1v) is 24.7. The van der Waals surface area contributed by atoms with E-state index in [0.29, 0.717) is 49.7 Å². The molecule has 0 aromatic carbocycles. The molecule has 6 fully saturated rings. The lowest BCUT2D eigenvalue weighted by Crippen LogP contribution is -2.72. The molecule has 0 radical (unpaired) electrons. The van der Waals surface area contributed by atoms with Gasteiger partial charge >= 0.3 is 17.9 Å². The second-order valence-corrected chi connectivity index (χ2v) is 23.0. The molecule has 0 unspecified atom stereocenters. The van der Waals surface area contributed by atoms with Gasteiger partial charge in [-0.2, -0.15) is 0 Å². The Morgan fingerprint density at radius 1 is 0.739 bits per heavy atom. The zero-order valence-corrected chi connectivity index (χ0v) is 41.7. The number of aliphatic carboxylic acids is 1. The Morgan fingerprint density at radius 3 is 1.91 bits per heavy atom. The lowest BCUT2D eigenvalue weighted by molar-refractivity contribution is -0.353. The number of carboxylic acids is 1. The summed E-state index contributed by atoms with van der Waals surface area (Å²) in [6, 6.07) is 0. The molecule has 18 nitrogen and oxygen atoms in total. The Labute approximate surface area is 404 Å². The minimum Gasteiger partial charge on any atom is -0.479 e. The number of ether oxygens (including phenoxy) is 6. The quantitative estimate of drug-likeness (QED) is 0.0588. The summed E-state index contributed by atoms with van der Waals surface area (Å²) in [6.45, 7) is 17.7. The molecule has 69 heavy (non-hydrogen) atoms. The third kappa shape index (κ3) is 8.28. The topological polar surface area (TPSA) is 289 Å². The summed E-state index contributed by atoms with van der Waals surface area (Å²) in [5.41, 5.74) is -2.96. The molecule has 9 N–H and O–H groups in total. The highest BCUT2D eigenvalue weighted by Crippen LogP contribution is 2.76. The number of rotatable bonds is 12. The molecule has 7 aliphatic rings. The van der Waals surface area contributed by atoms with Crippen molar-refractivity contribution in [1.82, 2.24) is 0 Å². The first-order chi connectivity index (χ1) is 32.2. The normalized spacial score (nSPS) is 48.5. The Kier molecular flexibility index (Phi) is 15.0. The van der Waals surface area contributed by atoms with Gasteiger partial charge in [0, 0.05) is 22.0 Å². The third-order valence-corrected chi connectivity index (χ3v) is 19.3. The molecule has 5 aliphatic carbocycles. The Balaban J connectivity index is 1.22. The highest BCUT2D eigenvalue weighted by atomic mass is 16.8. The van der Waals surface area contributed by atoms with Gasteiger partial charge in [-0.25, -0.2) is 14.4 Å². The lowest BCUT2D eigenvalue weighted by atomic mass is 9.33. The van der Waals surface area contributed by atoms with Crippen molar-refractivity contribution in [2.24, 2.45) is 50.2 Å². The number of carboxylic acid groups (broad SMARTS) is 1. The van der Waals surface area contributed by atoms with Gasteiger partial charge in [-0.05, 0) is 107 Å². The number of allylic oxidation sites excluding steroid dienone is 4. The number of esters is 2. The van der Waals surface area contributed by atoms with E-state index in [1.807, 2.05) is 20.8 Å². The van der Waals surface area contributed by atoms with E-state index in [1.54, 1.807) is 39.8 Å². The van der Waals surface area contributed by atoms with E-state index < -0.39 is 149 Å².